The van der Waals surface area contributed by atoms with Gasteiger partial charge in [-0.15, -0.1) is 0 Å². The standard InChI is InChI=1S/C8H10F3NO2/c1-5(13)6-3-2-4-12(6)7(14)8(9,10)11/h6H,2-4H2,1H3/t6-/m0/s1. The van der Waals surface area contributed by atoms with Gasteiger partial charge in [-0.3, -0.25) is 9.59 Å². The summed E-state index contributed by atoms with van der Waals surface area (Å²) in [6, 6.07) is -0.885. The van der Waals surface area contributed by atoms with Crippen LogP contribution >= 0.6 is 0 Å². The number of rotatable bonds is 1. The van der Waals surface area contributed by atoms with Crippen LogP contribution in [0.5, 0.6) is 0 Å². The zero-order valence-electron chi connectivity index (χ0n) is 7.60. The minimum absolute atomic E-state index is 0.0165. The molecule has 1 heterocycles. The smallest absolute Gasteiger partial charge is 0.325 e. The summed E-state index contributed by atoms with van der Waals surface area (Å²) in [6.07, 6.45) is -4.10. The van der Waals surface area contributed by atoms with Crippen LogP contribution in [0.4, 0.5) is 13.2 Å². The number of amides is 1. The highest BCUT2D eigenvalue weighted by Gasteiger charge is 2.46. The number of likely N-dealkylation sites (tertiary alicyclic amines) is 1. The minimum Gasteiger partial charge on any atom is -0.325 e. The molecule has 1 saturated heterocycles. The van der Waals surface area contributed by atoms with Crippen molar-refractivity contribution >= 4 is 11.7 Å². The summed E-state index contributed by atoms with van der Waals surface area (Å²) in [5.74, 6) is -2.30. The molecule has 1 rings (SSSR count). The van der Waals surface area contributed by atoms with Crippen LogP contribution < -0.4 is 0 Å². The van der Waals surface area contributed by atoms with E-state index in [1.807, 2.05) is 0 Å². The van der Waals surface area contributed by atoms with E-state index in [1.165, 1.54) is 6.92 Å². The SMILES string of the molecule is CC(=O)[C@@H]1CCCN1C(=O)C(F)(F)F. The fourth-order valence-corrected chi connectivity index (χ4v) is 1.60. The second-order valence-electron chi connectivity index (χ2n) is 3.26. The maximum atomic E-state index is 12.0. The van der Waals surface area contributed by atoms with Gasteiger partial charge < -0.3 is 4.90 Å². The first-order valence-electron chi connectivity index (χ1n) is 4.22. The Morgan fingerprint density at radius 2 is 1.93 bits per heavy atom. The zero-order valence-corrected chi connectivity index (χ0v) is 7.60. The van der Waals surface area contributed by atoms with E-state index in [1.54, 1.807) is 0 Å². The Morgan fingerprint density at radius 1 is 1.36 bits per heavy atom. The summed E-state index contributed by atoms with van der Waals surface area (Å²) in [6.45, 7) is 1.22. The average Bonchev–Trinajstić information content (AvgIpc) is 2.48. The number of Topliss-reactive ketones (excluding diaryl/α,β-unsaturated/α-hetero) is 1. The third-order valence-corrected chi connectivity index (χ3v) is 2.23. The highest BCUT2D eigenvalue weighted by molar-refractivity contribution is 5.90. The van der Waals surface area contributed by atoms with Crippen LogP contribution in [0.2, 0.25) is 0 Å². The Hall–Kier alpha value is -1.07. The molecular formula is C8H10F3NO2. The van der Waals surface area contributed by atoms with Crippen molar-refractivity contribution in [3.05, 3.63) is 0 Å². The van der Waals surface area contributed by atoms with E-state index in [2.05, 4.69) is 0 Å². The van der Waals surface area contributed by atoms with Crippen LogP contribution in [0.3, 0.4) is 0 Å². The lowest BCUT2D eigenvalue weighted by molar-refractivity contribution is -0.186. The van der Waals surface area contributed by atoms with Gasteiger partial charge in [-0.2, -0.15) is 13.2 Å². The Morgan fingerprint density at radius 3 is 2.36 bits per heavy atom. The molecular weight excluding hydrogens is 199 g/mol. The quantitative estimate of drug-likeness (QED) is 0.649. The van der Waals surface area contributed by atoms with Crippen molar-refractivity contribution < 1.29 is 22.8 Å². The van der Waals surface area contributed by atoms with Gasteiger partial charge in [0.1, 0.15) is 0 Å². The largest absolute Gasteiger partial charge is 0.471 e. The van der Waals surface area contributed by atoms with E-state index in [-0.39, 0.29) is 12.3 Å². The Bertz CT molecular complexity index is 262. The number of nitrogens with zero attached hydrogens (tertiary/aromatic N) is 1. The lowest BCUT2D eigenvalue weighted by Crippen LogP contribution is -2.46. The van der Waals surface area contributed by atoms with Gasteiger partial charge in [-0.1, -0.05) is 0 Å². The highest BCUT2D eigenvalue weighted by atomic mass is 19.4. The summed E-state index contributed by atoms with van der Waals surface area (Å²) < 4.78 is 36.1. The molecule has 0 bridgehead atoms. The Balaban J connectivity index is 2.77. The number of alkyl halides is 3. The van der Waals surface area contributed by atoms with E-state index >= 15 is 0 Å². The molecule has 0 aromatic rings. The van der Waals surface area contributed by atoms with E-state index < -0.39 is 18.1 Å². The molecule has 0 spiro atoms. The van der Waals surface area contributed by atoms with Crippen molar-refractivity contribution in [2.75, 3.05) is 6.54 Å². The molecule has 0 aliphatic carbocycles. The number of halogens is 3. The summed E-state index contributed by atoms with van der Waals surface area (Å²) in [5.41, 5.74) is 0. The van der Waals surface area contributed by atoms with Gasteiger partial charge in [0, 0.05) is 6.54 Å². The molecule has 3 nitrogen and oxygen atoms in total. The first kappa shape index (κ1) is 11.0. The molecule has 6 heteroatoms. The molecule has 80 valence electrons. The Labute approximate surface area is 78.9 Å². The predicted octanol–water partition coefficient (Wildman–Crippen LogP) is 1.13. The van der Waals surface area contributed by atoms with Gasteiger partial charge in [0.15, 0.2) is 5.78 Å². The predicted molar refractivity (Wildman–Crippen MR) is 41.5 cm³/mol. The van der Waals surface area contributed by atoms with Gasteiger partial charge in [-0.25, -0.2) is 0 Å². The molecule has 1 fully saturated rings. The fraction of sp³-hybridized carbons (Fsp3) is 0.750. The van der Waals surface area contributed by atoms with Crippen molar-refractivity contribution in [1.82, 2.24) is 4.90 Å². The number of hydrogen-bond donors (Lipinski definition) is 0. The lowest BCUT2D eigenvalue weighted by Gasteiger charge is -2.23. The van der Waals surface area contributed by atoms with Crippen LogP contribution in [0.1, 0.15) is 19.8 Å². The van der Waals surface area contributed by atoms with Crippen molar-refractivity contribution in [3.8, 4) is 0 Å². The van der Waals surface area contributed by atoms with Crippen LogP contribution in [-0.2, 0) is 9.59 Å². The summed E-state index contributed by atoms with van der Waals surface area (Å²) in [5, 5.41) is 0. The minimum atomic E-state index is -4.88. The molecule has 1 atom stereocenters. The molecule has 0 radical (unpaired) electrons. The van der Waals surface area contributed by atoms with Gasteiger partial charge in [-0.05, 0) is 19.8 Å². The van der Waals surface area contributed by atoms with Crippen LogP contribution in [-0.4, -0.2) is 35.4 Å². The Kier molecular flexibility index (Phi) is 2.82. The van der Waals surface area contributed by atoms with Crippen LogP contribution in [0.25, 0.3) is 0 Å². The van der Waals surface area contributed by atoms with Crippen molar-refractivity contribution in [2.45, 2.75) is 32.0 Å². The van der Waals surface area contributed by atoms with Crippen LogP contribution in [0.15, 0.2) is 0 Å². The summed E-state index contributed by atoms with van der Waals surface area (Å²) in [7, 11) is 0. The van der Waals surface area contributed by atoms with E-state index in [9.17, 15) is 22.8 Å². The van der Waals surface area contributed by atoms with Crippen LogP contribution in [0, 0.1) is 0 Å². The van der Waals surface area contributed by atoms with Gasteiger partial charge >= 0.3 is 12.1 Å². The van der Waals surface area contributed by atoms with Gasteiger partial charge in [0.25, 0.3) is 0 Å². The molecule has 14 heavy (non-hydrogen) atoms. The van der Waals surface area contributed by atoms with Crippen molar-refractivity contribution in [2.24, 2.45) is 0 Å². The second kappa shape index (κ2) is 3.59. The van der Waals surface area contributed by atoms with Gasteiger partial charge in [0.2, 0.25) is 0 Å². The molecule has 0 aromatic carbocycles. The number of hydrogen-bond acceptors (Lipinski definition) is 2. The highest BCUT2D eigenvalue weighted by Crippen LogP contribution is 2.25. The topological polar surface area (TPSA) is 37.4 Å². The number of ketones is 1. The van der Waals surface area contributed by atoms with E-state index in [4.69, 9.17) is 0 Å². The van der Waals surface area contributed by atoms with E-state index in [0.29, 0.717) is 17.7 Å². The summed E-state index contributed by atoms with van der Waals surface area (Å²) in [4.78, 5) is 22.4. The first-order chi connectivity index (χ1) is 6.34. The van der Waals surface area contributed by atoms with Crippen molar-refractivity contribution in [3.63, 3.8) is 0 Å². The number of carbonyl (C=O) groups excluding carboxylic acids is 2. The normalized spacial score (nSPS) is 22.6. The molecule has 0 N–H and O–H groups in total. The molecule has 1 aliphatic heterocycles. The molecule has 1 aliphatic rings. The lowest BCUT2D eigenvalue weighted by atomic mass is 10.1. The third-order valence-electron chi connectivity index (χ3n) is 2.23. The van der Waals surface area contributed by atoms with E-state index in [0.717, 1.165) is 0 Å². The maximum Gasteiger partial charge on any atom is 0.471 e. The monoisotopic (exact) mass is 209 g/mol. The second-order valence-corrected chi connectivity index (χ2v) is 3.26. The third kappa shape index (κ3) is 2.05. The molecule has 0 saturated carbocycles. The van der Waals surface area contributed by atoms with Crippen molar-refractivity contribution in [1.29, 1.82) is 0 Å². The average molecular weight is 209 g/mol. The maximum absolute atomic E-state index is 12.0. The van der Waals surface area contributed by atoms with Gasteiger partial charge in [0.05, 0.1) is 6.04 Å². The first-order valence-corrected chi connectivity index (χ1v) is 4.22. The number of carbonyl (C=O) groups is 2. The molecule has 1 amide bonds. The zero-order chi connectivity index (χ0) is 10.9. The summed E-state index contributed by atoms with van der Waals surface area (Å²) >= 11 is 0. The molecule has 0 aromatic heterocycles. The fourth-order valence-electron chi connectivity index (χ4n) is 1.60. The molecule has 0 unspecified atom stereocenters.